The van der Waals surface area contributed by atoms with E-state index in [1.165, 1.54) is 0 Å². The highest BCUT2D eigenvalue weighted by Gasteiger charge is 2.10. The van der Waals surface area contributed by atoms with E-state index in [0.29, 0.717) is 5.92 Å². The van der Waals surface area contributed by atoms with Gasteiger partial charge in [0.1, 0.15) is 0 Å². The average Bonchev–Trinajstić information content (AvgIpc) is 2.31. The molecule has 0 aliphatic rings. The van der Waals surface area contributed by atoms with E-state index in [9.17, 15) is 4.79 Å². The number of H-pyrrole nitrogens is 1. The molecule has 0 aliphatic heterocycles. The first-order valence-electron chi connectivity index (χ1n) is 4.84. The van der Waals surface area contributed by atoms with Crippen molar-refractivity contribution in [3.63, 3.8) is 0 Å². The van der Waals surface area contributed by atoms with Gasteiger partial charge in [0.2, 0.25) is 0 Å². The summed E-state index contributed by atoms with van der Waals surface area (Å²) in [5, 5.41) is 3.07. The minimum absolute atomic E-state index is 0.147. The Kier molecular flexibility index (Phi) is 2.96. The van der Waals surface area contributed by atoms with E-state index in [0.717, 1.165) is 24.2 Å². The fourth-order valence-electron chi connectivity index (χ4n) is 1.52. The van der Waals surface area contributed by atoms with Crippen molar-refractivity contribution in [2.45, 2.75) is 40.7 Å². The second-order valence-corrected chi connectivity index (χ2v) is 3.86. The number of aryl methyl sites for hydroxylation is 2. The summed E-state index contributed by atoms with van der Waals surface area (Å²) in [4.78, 5) is 11.7. The van der Waals surface area contributed by atoms with E-state index in [1.54, 1.807) is 4.68 Å². The molecule has 0 fully saturated rings. The third-order valence-corrected chi connectivity index (χ3v) is 2.19. The number of hydrogen-bond donors (Lipinski definition) is 1. The van der Waals surface area contributed by atoms with Crippen LogP contribution in [0.5, 0.6) is 0 Å². The Hall–Kier alpha value is -0.990. The molecular weight excluding hydrogens is 164 g/mol. The van der Waals surface area contributed by atoms with Gasteiger partial charge in [0.25, 0.3) is 5.56 Å². The Labute approximate surface area is 78.8 Å². The monoisotopic (exact) mass is 182 g/mol. The van der Waals surface area contributed by atoms with Crippen molar-refractivity contribution < 1.29 is 0 Å². The van der Waals surface area contributed by atoms with Gasteiger partial charge < -0.3 is 0 Å². The number of rotatable bonds is 3. The second-order valence-electron chi connectivity index (χ2n) is 3.86. The number of nitrogens with zero attached hydrogens (tertiary/aromatic N) is 1. The number of nitrogens with one attached hydrogen (secondary N) is 1. The third kappa shape index (κ3) is 2.02. The van der Waals surface area contributed by atoms with Crippen LogP contribution in [-0.4, -0.2) is 9.78 Å². The molecule has 0 aliphatic carbocycles. The van der Waals surface area contributed by atoms with Gasteiger partial charge in [-0.25, -0.2) is 0 Å². The Morgan fingerprint density at radius 1 is 1.46 bits per heavy atom. The standard InChI is InChI=1S/C10H18N2O/c1-5-12-10(13)9(6-7(2)3)8(4)11-12/h7,11H,5-6H2,1-4H3. The molecule has 74 valence electrons. The highest BCUT2D eigenvalue weighted by molar-refractivity contribution is 5.16. The summed E-state index contributed by atoms with van der Waals surface area (Å²) in [5.41, 5.74) is 2.10. The first kappa shape index (κ1) is 10.1. The van der Waals surface area contributed by atoms with Gasteiger partial charge in [0, 0.05) is 17.8 Å². The Bertz CT molecular complexity index is 333. The first-order valence-corrected chi connectivity index (χ1v) is 4.84. The van der Waals surface area contributed by atoms with Crippen molar-refractivity contribution >= 4 is 0 Å². The molecule has 3 nitrogen and oxygen atoms in total. The zero-order chi connectivity index (χ0) is 10.0. The molecule has 0 aromatic carbocycles. The van der Waals surface area contributed by atoms with Crippen molar-refractivity contribution in [2.75, 3.05) is 0 Å². The Balaban J connectivity index is 3.06. The maximum atomic E-state index is 11.7. The van der Waals surface area contributed by atoms with Crippen LogP contribution in [0.1, 0.15) is 32.0 Å². The predicted octanol–water partition coefficient (Wildman–Crippen LogP) is 1.70. The van der Waals surface area contributed by atoms with Crippen LogP contribution in [0.2, 0.25) is 0 Å². The van der Waals surface area contributed by atoms with Gasteiger partial charge in [-0.15, -0.1) is 0 Å². The molecule has 1 heterocycles. The summed E-state index contributed by atoms with van der Waals surface area (Å²) in [6.07, 6.45) is 0.869. The van der Waals surface area contributed by atoms with E-state index < -0.39 is 0 Å². The predicted molar refractivity (Wildman–Crippen MR) is 54.0 cm³/mol. The molecule has 1 rings (SSSR count). The lowest BCUT2D eigenvalue weighted by atomic mass is 10.0. The molecule has 0 amide bonds. The summed E-state index contributed by atoms with van der Waals surface area (Å²) < 4.78 is 1.66. The highest BCUT2D eigenvalue weighted by Crippen LogP contribution is 2.06. The molecule has 0 saturated heterocycles. The van der Waals surface area contributed by atoms with Gasteiger partial charge >= 0.3 is 0 Å². The van der Waals surface area contributed by atoms with Gasteiger partial charge in [0.15, 0.2) is 0 Å². The lowest BCUT2D eigenvalue weighted by Gasteiger charge is -2.00. The zero-order valence-electron chi connectivity index (χ0n) is 8.85. The molecule has 0 spiro atoms. The molecule has 3 heteroatoms. The molecule has 1 aromatic heterocycles. The van der Waals surface area contributed by atoms with Gasteiger partial charge in [-0.1, -0.05) is 13.8 Å². The largest absolute Gasteiger partial charge is 0.300 e. The molecule has 0 unspecified atom stereocenters. The Morgan fingerprint density at radius 2 is 2.08 bits per heavy atom. The van der Waals surface area contributed by atoms with Crippen LogP contribution >= 0.6 is 0 Å². The van der Waals surface area contributed by atoms with Gasteiger partial charge in [-0.05, 0) is 26.2 Å². The normalized spacial score (nSPS) is 11.2. The maximum absolute atomic E-state index is 11.7. The maximum Gasteiger partial charge on any atom is 0.269 e. The SMILES string of the molecule is CCn1[nH]c(C)c(CC(C)C)c1=O. The molecule has 0 atom stereocenters. The van der Waals surface area contributed by atoms with Crippen molar-refractivity contribution in [2.24, 2.45) is 5.92 Å². The minimum Gasteiger partial charge on any atom is -0.300 e. The molecule has 1 aromatic rings. The molecule has 0 saturated carbocycles. The smallest absolute Gasteiger partial charge is 0.269 e. The molecule has 0 radical (unpaired) electrons. The van der Waals surface area contributed by atoms with Crippen LogP contribution < -0.4 is 5.56 Å². The molecule has 13 heavy (non-hydrogen) atoms. The second kappa shape index (κ2) is 3.81. The summed E-state index contributed by atoms with van der Waals surface area (Å²) in [7, 11) is 0. The van der Waals surface area contributed by atoms with Crippen LogP contribution in [-0.2, 0) is 13.0 Å². The van der Waals surface area contributed by atoms with E-state index in [-0.39, 0.29) is 5.56 Å². The fraction of sp³-hybridized carbons (Fsp3) is 0.700. The van der Waals surface area contributed by atoms with Gasteiger partial charge in [-0.3, -0.25) is 14.6 Å². The van der Waals surface area contributed by atoms with Crippen molar-refractivity contribution in [3.05, 3.63) is 21.6 Å². The van der Waals surface area contributed by atoms with Gasteiger partial charge in [0.05, 0.1) is 0 Å². The Morgan fingerprint density at radius 3 is 2.46 bits per heavy atom. The average molecular weight is 182 g/mol. The van der Waals surface area contributed by atoms with Crippen molar-refractivity contribution in [3.8, 4) is 0 Å². The van der Waals surface area contributed by atoms with Gasteiger partial charge in [-0.2, -0.15) is 0 Å². The van der Waals surface area contributed by atoms with Crippen LogP contribution in [0, 0.1) is 12.8 Å². The van der Waals surface area contributed by atoms with Crippen molar-refractivity contribution in [1.82, 2.24) is 9.78 Å². The van der Waals surface area contributed by atoms with Crippen LogP contribution in [0.15, 0.2) is 4.79 Å². The lowest BCUT2D eigenvalue weighted by Crippen LogP contribution is -2.18. The lowest BCUT2D eigenvalue weighted by molar-refractivity contribution is 0.622. The highest BCUT2D eigenvalue weighted by atomic mass is 16.1. The zero-order valence-corrected chi connectivity index (χ0v) is 8.85. The molecular formula is C10H18N2O. The van der Waals surface area contributed by atoms with E-state index in [4.69, 9.17) is 0 Å². The van der Waals surface area contributed by atoms with E-state index in [1.807, 2.05) is 13.8 Å². The van der Waals surface area contributed by atoms with Crippen molar-refractivity contribution in [1.29, 1.82) is 0 Å². The summed E-state index contributed by atoms with van der Waals surface area (Å²) in [5.74, 6) is 0.535. The fourth-order valence-corrected chi connectivity index (χ4v) is 1.52. The number of hydrogen-bond acceptors (Lipinski definition) is 1. The van der Waals surface area contributed by atoms with E-state index in [2.05, 4.69) is 18.9 Å². The van der Waals surface area contributed by atoms with E-state index >= 15 is 0 Å². The number of aromatic amines is 1. The third-order valence-electron chi connectivity index (χ3n) is 2.19. The summed E-state index contributed by atoms with van der Waals surface area (Å²) in [6, 6.07) is 0. The first-order chi connectivity index (χ1) is 6.06. The number of aromatic nitrogens is 2. The topological polar surface area (TPSA) is 37.8 Å². The summed E-state index contributed by atoms with van der Waals surface area (Å²) >= 11 is 0. The van der Waals surface area contributed by atoms with Crippen LogP contribution in [0.3, 0.4) is 0 Å². The van der Waals surface area contributed by atoms with Crippen LogP contribution in [0.4, 0.5) is 0 Å². The minimum atomic E-state index is 0.147. The molecule has 1 N–H and O–H groups in total. The molecule has 0 bridgehead atoms. The summed E-state index contributed by atoms with van der Waals surface area (Å²) in [6.45, 7) is 8.91. The van der Waals surface area contributed by atoms with Crippen LogP contribution in [0.25, 0.3) is 0 Å². The quantitative estimate of drug-likeness (QED) is 0.759.